The van der Waals surface area contributed by atoms with Gasteiger partial charge in [-0.05, 0) is 38.2 Å². The third kappa shape index (κ3) is 4.82. The van der Waals surface area contributed by atoms with E-state index in [1.54, 1.807) is 11.8 Å². The highest BCUT2D eigenvalue weighted by molar-refractivity contribution is 7.99. The molecule has 0 aromatic heterocycles. The SMILES string of the molecule is CCCSCC(=O)c1ccccc1OC(C)C. The predicted octanol–water partition coefficient (Wildman–Crippen LogP) is 3.80. The smallest absolute Gasteiger partial charge is 0.176 e. The van der Waals surface area contributed by atoms with E-state index < -0.39 is 0 Å². The fourth-order valence-corrected chi connectivity index (χ4v) is 2.21. The number of hydrogen-bond donors (Lipinski definition) is 0. The van der Waals surface area contributed by atoms with Gasteiger partial charge in [0.2, 0.25) is 0 Å². The molecule has 0 aliphatic carbocycles. The Morgan fingerprint density at radius 2 is 2.06 bits per heavy atom. The highest BCUT2D eigenvalue weighted by atomic mass is 32.2. The number of ketones is 1. The largest absolute Gasteiger partial charge is 0.490 e. The summed E-state index contributed by atoms with van der Waals surface area (Å²) in [5, 5.41) is 0. The first-order valence-corrected chi connectivity index (χ1v) is 7.17. The molecule has 3 heteroatoms. The van der Waals surface area contributed by atoms with Crippen LogP contribution in [0.5, 0.6) is 5.75 Å². The van der Waals surface area contributed by atoms with E-state index in [2.05, 4.69) is 6.92 Å². The minimum absolute atomic E-state index is 0.0900. The molecule has 0 radical (unpaired) electrons. The molecule has 0 N–H and O–H groups in total. The Morgan fingerprint density at radius 1 is 1.35 bits per heavy atom. The summed E-state index contributed by atoms with van der Waals surface area (Å²) in [5.41, 5.74) is 0.699. The summed E-state index contributed by atoms with van der Waals surface area (Å²) in [6.07, 6.45) is 1.19. The second-order valence-electron chi connectivity index (χ2n) is 4.14. The molecule has 0 aliphatic heterocycles. The predicted molar refractivity (Wildman–Crippen MR) is 74.2 cm³/mol. The molecule has 17 heavy (non-hydrogen) atoms. The van der Waals surface area contributed by atoms with E-state index in [-0.39, 0.29) is 11.9 Å². The Labute approximate surface area is 108 Å². The number of para-hydroxylation sites is 1. The zero-order valence-electron chi connectivity index (χ0n) is 10.7. The summed E-state index contributed by atoms with van der Waals surface area (Å²) in [4.78, 5) is 12.0. The molecule has 0 amide bonds. The van der Waals surface area contributed by atoms with Gasteiger partial charge in [0.15, 0.2) is 5.78 Å². The molecule has 0 atom stereocenters. The topological polar surface area (TPSA) is 26.3 Å². The second-order valence-corrected chi connectivity index (χ2v) is 5.24. The Bertz CT molecular complexity index is 361. The van der Waals surface area contributed by atoms with Gasteiger partial charge < -0.3 is 4.74 Å². The lowest BCUT2D eigenvalue weighted by molar-refractivity contribution is 0.101. The standard InChI is InChI=1S/C14H20O2S/c1-4-9-17-10-13(15)12-7-5-6-8-14(12)16-11(2)3/h5-8,11H,4,9-10H2,1-3H3. The van der Waals surface area contributed by atoms with Crippen LogP contribution in [0.15, 0.2) is 24.3 Å². The van der Waals surface area contributed by atoms with Crippen LogP contribution >= 0.6 is 11.8 Å². The molecule has 1 aromatic rings. The molecule has 2 nitrogen and oxygen atoms in total. The van der Waals surface area contributed by atoms with Crippen LogP contribution in [0, 0.1) is 0 Å². The van der Waals surface area contributed by atoms with Crippen molar-refractivity contribution in [2.45, 2.75) is 33.3 Å². The number of Topliss-reactive ketones (excluding diaryl/α,β-unsaturated/α-hetero) is 1. The summed E-state index contributed by atoms with van der Waals surface area (Å²) in [6, 6.07) is 7.48. The summed E-state index contributed by atoms with van der Waals surface area (Å²) in [6.45, 7) is 6.05. The second kappa shape index (κ2) is 7.38. The third-order valence-corrected chi connectivity index (χ3v) is 3.29. The molecule has 0 aliphatic rings. The quantitative estimate of drug-likeness (QED) is 0.545. The van der Waals surface area contributed by atoms with Crippen molar-refractivity contribution in [3.05, 3.63) is 29.8 Å². The summed E-state index contributed by atoms with van der Waals surface area (Å²) in [5.74, 6) is 2.41. The van der Waals surface area contributed by atoms with Gasteiger partial charge in [-0.3, -0.25) is 4.79 Å². The van der Waals surface area contributed by atoms with Gasteiger partial charge in [0.25, 0.3) is 0 Å². The Morgan fingerprint density at radius 3 is 2.71 bits per heavy atom. The summed E-state index contributed by atoms with van der Waals surface area (Å²) < 4.78 is 5.64. The number of hydrogen-bond acceptors (Lipinski definition) is 3. The van der Waals surface area contributed by atoms with Gasteiger partial charge in [-0.25, -0.2) is 0 Å². The summed E-state index contributed by atoms with van der Waals surface area (Å²) in [7, 11) is 0. The van der Waals surface area contributed by atoms with Crippen LogP contribution in [0.4, 0.5) is 0 Å². The van der Waals surface area contributed by atoms with E-state index in [0.29, 0.717) is 17.1 Å². The number of carbonyl (C=O) groups excluding carboxylic acids is 1. The van der Waals surface area contributed by atoms with Crippen LogP contribution in [-0.2, 0) is 0 Å². The molecule has 0 unspecified atom stereocenters. The molecule has 0 spiro atoms. The highest BCUT2D eigenvalue weighted by Crippen LogP contribution is 2.21. The molecule has 0 saturated heterocycles. The zero-order chi connectivity index (χ0) is 12.7. The average Bonchev–Trinajstić information content (AvgIpc) is 2.29. The van der Waals surface area contributed by atoms with Gasteiger partial charge in [-0.1, -0.05) is 19.1 Å². The van der Waals surface area contributed by atoms with Crippen molar-refractivity contribution in [2.24, 2.45) is 0 Å². The van der Waals surface area contributed by atoms with Crippen LogP contribution in [0.2, 0.25) is 0 Å². The zero-order valence-corrected chi connectivity index (χ0v) is 11.5. The maximum atomic E-state index is 12.0. The van der Waals surface area contributed by atoms with Crippen LogP contribution in [0.3, 0.4) is 0 Å². The first-order chi connectivity index (χ1) is 8.15. The Hall–Kier alpha value is -0.960. The lowest BCUT2D eigenvalue weighted by atomic mass is 10.1. The minimum atomic E-state index is 0.0900. The van der Waals surface area contributed by atoms with Gasteiger partial charge in [0.05, 0.1) is 17.4 Å². The molecule has 0 fully saturated rings. The fraction of sp³-hybridized carbons (Fsp3) is 0.500. The molecule has 94 valence electrons. The van der Waals surface area contributed by atoms with Crippen LogP contribution in [-0.4, -0.2) is 23.4 Å². The van der Waals surface area contributed by atoms with E-state index in [0.717, 1.165) is 12.2 Å². The molecule has 0 heterocycles. The molecular weight excluding hydrogens is 232 g/mol. The van der Waals surface area contributed by atoms with Crippen molar-refractivity contribution in [1.82, 2.24) is 0 Å². The van der Waals surface area contributed by atoms with E-state index in [1.165, 1.54) is 0 Å². The van der Waals surface area contributed by atoms with E-state index >= 15 is 0 Å². The Kier molecular flexibility index (Phi) is 6.12. The fourth-order valence-electron chi connectivity index (χ4n) is 1.44. The third-order valence-electron chi connectivity index (χ3n) is 2.13. The van der Waals surface area contributed by atoms with Crippen molar-refractivity contribution >= 4 is 17.5 Å². The monoisotopic (exact) mass is 252 g/mol. The molecular formula is C14H20O2S. The maximum Gasteiger partial charge on any atom is 0.176 e. The van der Waals surface area contributed by atoms with Crippen molar-refractivity contribution in [1.29, 1.82) is 0 Å². The molecule has 0 bridgehead atoms. The lowest BCUT2D eigenvalue weighted by Gasteiger charge is -2.13. The van der Waals surface area contributed by atoms with Crippen molar-refractivity contribution < 1.29 is 9.53 Å². The number of carbonyl (C=O) groups is 1. The van der Waals surface area contributed by atoms with E-state index in [4.69, 9.17) is 4.74 Å². The number of ether oxygens (including phenoxy) is 1. The number of benzene rings is 1. The lowest BCUT2D eigenvalue weighted by Crippen LogP contribution is -2.11. The first kappa shape index (κ1) is 14.1. The minimum Gasteiger partial charge on any atom is -0.490 e. The van der Waals surface area contributed by atoms with Gasteiger partial charge in [0.1, 0.15) is 5.75 Å². The van der Waals surface area contributed by atoms with Crippen LogP contribution < -0.4 is 4.74 Å². The van der Waals surface area contributed by atoms with Crippen molar-refractivity contribution in [3.8, 4) is 5.75 Å². The van der Waals surface area contributed by atoms with E-state index in [1.807, 2.05) is 38.1 Å². The number of rotatable bonds is 7. The molecule has 1 rings (SSSR count). The average molecular weight is 252 g/mol. The highest BCUT2D eigenvalue weighted by Gasteiger charge is 2.12. The van der Waals surface area contributed by atoms with E-state index in [9.17, 15) is 4.79 Å². The first-order valence-electron chi connectivity index (χ1n) is 6.01. The van der Waals surface area contributed by atoms with Gasteiger partial charge in [-0.2, -0.15) is 11.8 Å². The summed E-state index contributed by atoms with van der Waals surface area (Å²) >= 11 is 1.68. The van der Waals surface area contributed by atoms with Crippen LogP contribution in [0.1, 0.15) is 37.6 Å². The van der Waals surface area contributed by atoms with Crippen molar-refractivity contribution in [3.63, 3.8) is 0 Å². The molecule has 0 saturated carbocycles. The van der Waals surface area contributed by atoms with Gasteiger partial charge >= 0.3 is 0 Å². The molecule has 1 aromatic carbocycles. The van der Waals surface area contributed by atoms with Gasteiger partial charge in [-0.15, -0.1) is 0 Å². The van der Waals surface area contributed by atoms with Crippen molar-refractivity contribution in [2.75, 3.05) is 11.5 Å². The Balaban J connectivity index is 2.71. The normalized spacial score (nSPS) is 10.6. The maximum absolute atomic E-state index is 12.0. The van der Waals surface area contributed by atoms with Crippen LogP contribution in [0.25, 0.3) is 0 Å². The number of thioether (sulfide) groups is 1. The van der Waals surface area contributed by atoms with Gasteiger partial charge in [0, 0.05) is 0 Å².